The zero-order valence-electron chi connectivity index (χ0n) is 22.7. The summed E-state index contributed by atoms with van der Waals surface area (Å²) < 4.78 is 38.9. The normalized spacial score (nSPS) is 13.5. The summed E-state index contributed by atoms with van der Waals surface area (Å²) in [5.41, 5.74) is 1.72. The van der Waals surface area contributed by atoms with E-state index in [-0.39, 0.29) is 24.0 Å². The van der Waals surface area contributed by atoms with Crippen LogP contribution in [0.5, 0.6) is 0 Å². The largest absolute Gasteiger partial charge is 0.416 e. The van der Waals surface area contributed by atoms with E-state index >= 15 is 0 Å². The van der Waals surface area contributed by atoms with E-state index in [2.05, 4.69) is 15.5 Å². The van der Waals surface area contributed by atoms with Crippen molar-refractivity contribution in [3.8, 4) is 0 Å². The maximum absolute atomic E-state index is 13.0. The Hall–Kier alpha value is -4.54. The molecule has 0 aromatic heterocycles. The van der Waals surface area contributed by atoms with Crippen LogP contribution in [-0.2, 0) is 22.3 Å². The fourth-order valence-electron chi connectivity index (χ4n) is 4.53. The predicted octanol–water partition coefficient (Wildman–Crippen LogP) is 5.44. The molecule has 0 saturated carbocycles. The lowest BCUT2D eigenvalue weighted by atomic mass is 10.2. The third-order valence-corrected chi connectivity index (χ3v) is 6.73. The van der Waals surface area contributed by atoms with Gasteiger partial charge in [0.25, 0.3) is 0 Å². The number of carbonyl (C=O) groups excluding carboxylic acids is 3. The topological polar surface area (TPSA) is 85.0 Å². The molecule has 216 valence electrons. The van der Waals surface area contributed by atoms with Crippen LogP contribution in [0, 0.1) is 0 Å². The molecule has 0 unspecified atom stereocenters. The number of halogens is 3. The van der Waals surface area contributed by atoms with Crippen LogP contribution >= 0.6 is 0 Å². The highest BCUT2D eigenvalue weighted by molar-refractivity contribution is 5.94. The lowest BCUT2D eigenvalue weighted by Gasteiger charge is -2.36. The molecule has 3 aromatic rings. The molecule has 0 radical (unpaired) electrons. The number of rotatable bonds is 8. The molecule has 4 rings (SSSR count). The quantitative estimate of drug-likeness (QED) is 0.380. The molecular formula is C30H32F3N5O3. The number of piperazine rings is 1. The highest BCUT2D eigenvalue weighted by Gasteiger charge is 2.31. The molecule has 41 heavy (non-hydrogen) atoms. The Morgan fingerprint density at radius 1 is 0.829 bits per heavy atom. The number of benzene rings is 3. The minimum Gasteiger partial charge on any atom is -0.368 e. The number of nitrogens with zero attached hydrogens (tertiary/aromatic N) is 3. The van der Waals surface area contributed by atoms with E-state index in [1.54, 1.807) is 24.0 Å². The molecule has 8 nitrogen and oxygen atoms in total. The average molecular weight is 568 g/mol. The van der Waals surface area contributed by atoms with Gasteiger partial charge in [0, 0.05) is 56.2 Å². The molecule has 2 N–H and O–H groups in total. The molecule has 1 aliphatic rings. The maximum Gasteiger partial charge on any atom is 0.416 e. The first kappa shape index (κ1) is 29.4. The Balaban J connectivity index is 1.27. The highest BCUT2D eigenvalue weighted by Crippen LogP contribution is 2.30. The molecule has 4 amide bonds. The van der Waals surface area contributed by atoms with Gasteiger partial charge in [0.1, 0.15) is 6.54 Å². The number of nitrogens with one attached hydrogen (secondary N) is 2. The van der Waals surface area contributed by atoms with Gasteiger partial charge in [-0.1, -0.05) is 43.3 Å². The van der Waals surface area contributed by atoms with E-state index in [1.165, 1.54) is 17.0 Å². The van der Waals surface area contributed by atoms with Crippen molar-refractivity contribution in [2.24, 2.45) is 0 Å². The minimum absolute atomic E-state index is 0.0617. The number of alkyl halides is 3. The molecular weight excluding hydrogens is 535 g/mol. The maximum atomic E-state index is 13.0. The number of hydrogen-bond acceptors (Lipinski definition) is 4. The lowest BCUT2D eigenvalue weighted by molar-refractivity contribution is -0.137. The van der Waals surface area contributed by atoms with E-state index in [9.17, 15) is 27.6 Å². The van der Waals surface area contributed by atoms with Gasteiger partial charge in [-0.2, -0.15) is 13.2 Å². The summed E-state index contributed by atoms with van der Waals surface area (Å²) >= 11 is 0. The van der Waals surface area contributed by atoms with Gasteiger partial charge >= 0.3 is 12.2 Å². The first-order valence-electron chi connectivity index (χ1n) is 13.3. The van der Waals surface area contributed by atoms with Crippen LogP contribution in [0.15, 0.2) is 78.9 Å². The number of anilines is 3. The Kier molecular flexibility index (Phi) is 9.49. The van der Waals surface area contributed by atoms with E-state index < -0.39 is 17.8 Å². The van der Waals surface area contributed by atoms with Crippen molar-refractivity contribution >= 4 is 34.9 Å². The van der Waals surface area contributed by atoms with Crippen molar-refractivity contribution in [1.82, 2.24) is 9.80 Å². The molecule has 1 aliphatic heterocycles. The zero-order valence-corrected chi connectivity index (χ0v) is 22.7. The molecule has 11 heteroatoms. The first-order chi connectivity index (χ1) is 19.6. The molecule has 1 saturated heterocycles. The van der Waals surface area contributed by atoms with E-state index in [1.807, 2.05) is 42.5 Å². The third kappa shape index (κ3) is 8.23. The Labute approximate surface area is 236 Å². The molecule has 3 aromatic carbocycles. The lowest BCUT2D eigenvalue weighted by Crippen LogP contribution is -2.50. The van der Waals surface area contributed by atoms with Crippen molar-refractivity contribution in [3.05, 3.63) is 90.0 Å². The van der Waals surface area contributed by atoms with Crippen molar-refractivity contribution in [2.45, 2.75) is 26.1 Å². The number of hydrogen-bond donors (Lipinski definition) is 2. The number of urea groups is 1. The van der Waals surface area contributed by atoms with Gasteiger partial charge in [0.2, 0.25) is 11.8 Å². The smallest absolute Gasteiger partial charge is 0.368 e. The monoisotopic (exact) mass is 567 g/mol. The predicted molar refractivity (Wildman–Crippen MR) is 151 cm³/mol. The van der Waals surface area contributed by atoms with Gasteiger partial charge in [-0.15, -0.1) is 0 Å². The zero-order chi connectivity index (χ0) is 29.4. The second-order valence-electron chi connectivity index (χ2n) is 9.67. The van der Waals surface area contributed by atoms with Crippen LogP contribution in [0.3, 0.4) is 0 Å². The van der Waals surface area contributed by atoms with Crippen LogP contribution < -0.4 is 15.5 Å². The van der Waals surface area contributed by atoms with Gasteiger partial charge in [0.15, 0.2) is 0 Å². The van der Waals surface area contributed by atoms with Crippen molar-refractivity contribution in [2.75, 3.05) is 48.3 Å². The minimum atomic E-state index is -4.48. The summed E-state index contributed by atoms with van der Waals surface area (Å²) in [6, 6.07) is 20.9. The molecule has 0 spiro atoms. The standard InChI is InChI=1S/C30H32F3N5O3/c1-2-28(40)38(20-22-7-4-3-5-8-22)21-27(39)34-24-11-13-26(14-12-24)36-15-17-37(18-16-36)29(41)35-25-10-6-9-23(19-25)30(31,32)33/h3-14,19H,2,15-18,20-21H2,1H3,(H,34,39)(H,35,41). The van der Waals surface area contributed by atoms with Gasteiger partial charge in [0.05, 0.1) is 5.56 Å². The summed E-state index contributed by atoms with van der Waals surface area (Å²) in [5.74, 6) is -0.405. The molecule has 0 bridgehead atoms. The van der Waals surface area contributed by atoms with E-state index in [0.717, 1.165) is 23.4 Å². The second kappa shape index (κ2) is 13.2. The molecule has 0 atom stereocenters. The fraction of sp³-hybridized carbons (Fsp3) is 0.300. The molecule has 1 fully saturated rings. The third-order valence-electron chi connectivity index (χ3n) is 6.73. The van der Waals surface area contributed by atoms with Gasteiger partial charge in [-0.05, 0) is 48.0 Å². The Bertz CT molecular complexity index is 1340. The fourth-order valence-corrected chi connectivity index (χ4v) is 4.53. The first-order valence-corrected chi connectivity index (χ1v) is 13.3. The molecule has 0 aliphatic carbocycles. The summed E-state index contributed by atoms with van der Waals surface area (Å²) in [7, 11) is 0. The SMILES string of the molecule is CCC(=O)N(CC(=O)Nc1ccc(N2CCN(C(=O)Nc3cccc(C(F)(F)F)c3)CC2)cc1)Cc1ccccc1. The van der Waals surface area contributed by atoms with Crippen LogP contribution in [0.4, 0.5) is 35.0 Å². The van der Waals surface area contributed by atoms with Crippen LogP contribution in [0.1, 0.15) is 24.5 Å². The van der Waals surface area contributed by atoms with Crippen molar-refractivity contribution < 1.29 is 27.6 Å². The number of carbonyl (C=O) groups is 3. The van der Waals surface area contributed by atoms with Gasteiger partial charge in [-0.3, -0.25) is 9.59 Å². The average Bonchev–Trinajstić information content (AvgIpc) is 2.97. The van der Waals surface area contributed by atoms with Crippen molar-refractivity contribution in [3.63, 3.8) is 0 Å². The van der Waals surface area contributed by atoms with Gasteiger partial charge in [-0.25, -0.2) is 4.79 Å². The van der Waals surface area contributed by atoms with Crippen LogP contribution in [-0.4, -0.2) is 60.4 Å². The van der Waals surface area contributed by atoms with Gasteiger partial charge < -0.3 is 25.3 Å². The van der Waals surface area contributed by atoms with E-state index in [4.69, 9.17) is 0 Å². The molecule has 1 heterocycles. The van der Waals surface area contributed by atoms with E-state index in [0.29, 0.717) is 44.8 Å². The Morgan fingerprint density at radius 3 is 2.15 bits per heavy atom. The summed E-state index contributed by atoms with van der Waals surface area (Å²) in [6.07, 6.45) is -4.18. The highest BCUT2D eigenvalue weighted by atomic mass is 19.4. The second-order valence-corrected chi connectivity index (χ2v) is 9.67. The van der Waals surface area contributed by atoms with Crippen LogP contribution in [0.2, 0.25) is 0 Å². The summed E-state index contributed by atoms with van der Waals surface area (Å²) in [6.45, 7) is 3.92. The number of amides is 4. The Morgan fingerprint density at radius 2 is 1.51 bits per heavy atom. The summed E-state index contributed by atoms with van der Waals surface area (Å²) in [4.78, 5) is 42.9. The van der Waals surface area contributed by atoms with Crippen molar-refractivity contribution in [1.29, 1.82) is 0 Å². The summed E-state index contributed by atoms with van der Waals surface area (Å²) in [5, 5.41) is 5.39. The van der Waals surface area contributed by atoms with Crippen LogP contribution in [0.25, 0.3) is 0 Å².